The molecule has 0 aromatic carbocycles. The number of carboxylic acid groups (broad SMARTS) is 1. The molecule has 82 valence electrons. The highest BCUT2D eigenvalue weighted by molar-refractivity contribution is 5.75. The normalized spacial score (nSPS) is 26.4. The van der Waals surface area contributed by atoms with Crippen LogP contribution in [0.5, 0.6) is 0 Å². The Morgan fingerprint density at radius 2 is 2.53 bits per heavy atom. The zero-order valence-electron chi connectivity index (χ0n) is 8.53. The number of aliphatic carboxylic acids is 1. The molecule has 1 aliphatic heterocycles. The predicted octanol–water partition coefficient (Wildman–Crippen LogP) is 1.28. The van der Waals surface area contributed by atoms with E-state index >= 15 is 0 Å². The molecule has 0 radical (unpaired) electrons. The summed E-state index contributed by atoms with van der Waals surface area (Å²) in [6.45, 7) is 1.47. The van der Waals surface area contributed by atoms with E-state index in [4.69, 9.17) is 4.42 Å². The monoisotopic (exact) mass is 209 g/mol. The molecule has 0 spiro atoms. The minimum Gasteiger partial charge on any atom is -0.481 e. The topological polar surface area (TPSA) is 62.5 Å². The fourth-order valence-electron chi connectivity index (χ4n) is 2.16. The Balaban J connectivity index is 2.15. The molecule has 4 nitrogen and oxygen atoms in total. The fourth-order valence-corrected chi connectivity index (χ4v) is 2.16. The van der Waals surface area contributed by atoms with Gasteiger partial charge in [-0.25, -0.2) is 0 Å². The van der Waals surface area contributed by atoms with Crippen LogP contribution in [0.2, 0.25) is 0 Å². The first-order valence-electron chi connectivity index (χ1n) is 5.18. The van der Waals surface area contributed by atoms with E-state index in [-0.39, 0.29) is 0 Å². The van der Waals surface area contributed by atoms with Crippen molar-refractivity contribution in [3.63, 3.8) is 0 Å². The molecule has 0 aliphatic carbocycles. The number of carboxylic acids is 1. The molecular formula is C11H15NO3. The highest BCUT2D eigenvalue weighted by Gasteiger charge is 2.39. The van der Waals surface area contributed by atoms with Gasteiger partial charge in [-0.05, 0) is 37.4 Å². The lowest BCUT2D eigenvalue weighted by Gasteiger charge is -2.33. The van der Waals surface area contributed by atoms with E-state index in [1.807, 2.05) is 6.07 Å². The summed E-state index contributed by atoms with van der Waals surface area (Å²) < 4.78 is 4.97. The van der Waals surface area contributed by atoms with Gasteiger partial charge in [0.2, 0.25) is 0 Å². The number of piperidine rings is 1. The van der Waals surface area contributed by atoms with Gasteiger partial charge in [-0.2, -0.15) is 0 Å². The molecule has 15 heavy (non-hydrogen) atoms. The molecule has 2 N–H and O–H groups in total. The zero-order chi connectivity index (χ0) is 10.7. The number of nitrogens with one attached hydrogen (secondary N) is 1. The van der Waals surface area contributed by atoms with Crippen molar-refractivity contribution in [3.05, 3.63) is 24.2 Å². The van der Waals surface area contributed by atoms with Gasteiger partial charge in [0.25, 0.3) is 0 Å². The molecule has 0 bridgehead atoms. The zero-order valence-corrected chi connectivity index (χ0v) is 8.53. The van der Waals surface area contributed by atoms with Gasteiger partial charge in [-0.3, -0.25) is 4.79 Å². The van der Waals surface area contributed by atoms with Gasteiger partial charge >= 0.3 is 5.97 Å². The minimum atomic E-state index is -0.712. The molecule has 1 aliphatic rings. The Kier molecular flexibility index (Phi) is 2.77. The first-order valence-corrected chi connectivity index (χ1v) is 5.18. The van der Waals surface area contributed by atoms with E-state index in [1.165, 1.54) is 0 Å². The van der Waals surface area contributed by atoms with E-state index < -0.39 is 11.4 Å². The van der Waals surface area contributed by atoms with Crippen LogP contribution >= 0.6 is 0 Å². The van der Waals surface area contributed by atoms with Crippen molar-refractivity contribution in [1.82, 2.24) is 5.32 Å². The molecule has 4 heteroatoms. The van der Waals surface area contributed by atoms with E-state index in [1.54, 1.807) is 12.5 Å². The molecular weight excluding hydrogens is 194 g/mol. The third-order valence-electron chi connectivity index (χ3n) is 3.05. The summed E-state index contributed by atoms with van der Waals surface area (Å²) in [5, 5.41) is 12.5. The maximum absolute atomic E-state index is 11.3. The van der Waals surface area contributed by atoms with Crippen molar-refractivity contribution in [3.8, 4) is 0 Å². The third kappa shape index (κ3) is 2.04. The van der Waals surface area contributed by atoms with Crippen LogP contribution in [0.1, 0.15) is 18.4 Å². The van der Waals surface area contributed by atoms with Crippen LogP contribution in [0.4, 0.5) is 0 Å². The molecule has 0 saturated carbocycles. The van der Waals surface area contributed by atoms with Crippen molar-refractivity contribution in [2.24, 2.45) is 5.41 Å². The molecule has 1 saturated heterocycles. The summed E-state index contributed by atoms with van der Waals surface area (Å²) >= 11 is 0. The molecule has 0 amide bonds. The highest BCUT2D eigenvalue weighted by Crippen LogP contribution is 2.31. The van der Waals surface area contributed by atoms with Crippen molar-refractivity contribution >= 4 is 5.97 Å². The van der Waals surface area contributed by atoms with Crippen LogP contribution in [0.3, 0.4) is 0 Å². The molecule has 1 atom stereocenters. The van der Waals surface area contributed by atoms with E-state index in [0.29, 0.717) is 13.0 Å². The highest BCUT2D eigenvalue weighted by atomic mass is 16.4. The van der Waals surface area contributed by atoms with Gasteiger partial charge in [-0.15, -0.1) is 0 Å². The Morgan fingerprint density at radius 3 is 3.07 bits per heavy atom. The van der Waals surface area contributed by atoms with Crippen LogP contribution in [0.15, 0.2) is 23.0 Å². The van der Waals surface area contributed by atoms with Gasteiger partial charge < -0.3 is 14.8 Å². The largest absolute Gasteiger partial charge is 0.481 e. The average molecular weight is 209 g/mol. The van der Waals surface area contributed by atoms with Gasteiger partial charge in [0.1, 0.15) is 0 Å². The van der Waals surface area contributed by atoms with Gasteiger partial charge in [0.05, 0.1) is 17.9 Å². The van der Waals surface area contributed by atoms with E-state index in [0.717, 1.165) is 24.9 Å². The van der Waals surface area contributed by atoms with E-state index in [2.05, 4.69) is 5.32 Å². The summed E-state index contributed by atoms with van der Waals surface area (Å²) in [5.74, 6) is -0.712. The van der Waals surface area contributed by atoms with Crippen LogP contribution in [-0.4, -0.2) is 24.2 Å². The molecule has 1 fully saturated rings. The van der Waals surface area contributed by atoms with Crippen molar-refractivity contribution in [2.45, 2.75) is 19.3 Å². The second-order valence-corrected chi connectivity index (χ2v) is 4.17. The van der Waals surface area contributed by atoms with Crippen molar-refractivity contribution < 1.29 is 14.3 Å². The Bertz CT molecular complexity index is 326. The minimum absolute atomic E-state index is 0.547. The molecule has 1 unspecified atom stereocenters. The maximum Gasteiger partial charge on any atom is 0.311 e. The summed E-state index contributed by atoms with van der Waals surface area (Å²) in [4.78, 5) is 11.3. The van der Waals surface area contributed by atoms with E-state index in [9.17, 15) is 9.90 Å². The predicted molar refractivity (Wildman–Crippen MR) is 54.6 cm³/mol. The summed E-state index contributed by atoms with van der Waals surface area (Å²) in [5.41, 5.74) is 0.309. The summed E-state index contributed by atoms with van der Waals surface area (Å²) in [6, 6.07) is 1.83. The maximum atomic E-state index is 11.3. The second kappa shape index (κ2) is 4.06. The number of rotatable bonds is 3. The van der Waals surface area contributed by atoms with Crippen LogP contribution < -0.4 is 5.32 Å². The number of hydrogen-bond acceptors (Lipinski definition) is 3. The smallest absolute Gasteiger partial charge is 0.311 e. The first kappa shape index (κ1) is 10.2. The van der Waals surface area contributed by atoms with Gasteiger partial charge in [0.15, 0.2) is 0 Å². The van der Waals surface area contributed by atoms with Gasteiger partial charge in [0, 0.05) is 6.54 Å². The second-order valence-electron chi connectivity index (χ2n) is 4.17. The Labute approximate surface area is 88.3 Å². The molecule has 2 rings (SSSR count). The first-order chi connectivity index (χ1) is 7.23. The van der Waals surface area contributed by atoms with Crippen LogP contribution in [0, 0.1) is 5.41 Å². The summed E-state index contributed by atoms with van der Waals surface area (Å²) in [6.07, 6.45) is 5.41. The lowest BCUT2D eigenvalue weighted by atomic mass is 9.76. The quantitative estimate of drug-likeness (QED) is 0.787. The Morgan fingerprint density at radius 1 is 1.67 bits per heavy atom. The third-order valence-corrected chi connectivity index (χ3v) is 3.05. The Hall–Kier alpha value is -1.29. The molecule has 2 heterocycles. The van der Waals surface area contributed by atoms with Gasteiger partial charge in [-0.1, -0.05) is 0 Å². The number of carbonyl (C=O) groups is 1. The summed E-state index contributed by atoms with van der Waals surface area (Å²) in [7, 11) is 0. The lowest BCUT2D eigenvalue weighted by molar-refractivity contribution is -0.150. The van der Waals surface area contributed by atoms with Crippen molar-refractivity contribution in [1.29, 1.82) is 0 Å². The SMILES string of the molecule is O=C(O)C1(Cc2ccoc2)CCCNC1. The average Bonchev–Trinajstić information content (AvgIpc) is 2.71. The molecule has 1 aromatic rings. The van der Waals surface area contributed by atoms with Crippen molar-refractivity contribution in [2.75, 3.05) is 13.1 Å². The number of furan rings is 1. The number of hydrogen-bond donors (Lipinski definition) is 2. The lowest BCUT2D eigenvalue weighted by Crippen LogP contribution is -2.46. The fraction of sp³-hybridized carbons (Fsp3) is 0.545. The van der Waals surface area contributed by atoms with Crippen LogP contribution in [0.25, 0.3) is 0 Å². The standard InChI is InChI=1S/C11H15NO3/c13-10(14)11(3-1-4-12-8-11)6-9-2-5-15-7-9/h2,5,7,12H,1,3-4,6,8H2,(H,13,14). The molecule has 1 aromatic heterocycles. The van der Waals surface area contributed by atoms with Crippen LogP contribution in [-0.2, 0) is 11.2 Å².